The van der Waals surface area contributed by atoms with Crippen molar-refractivity contribution >= 4 is 44.3 Å². The Balaban J connectivity index is 2.44. The number of halogens is 4. The van der Waals surface area contributed by atoms with Gasteiger partial charge < -0.3 is 13.7 Å². The average Bonchev–Trinajstić information content (AvgIpc) is 3.06. The van der Waals surface area contributed by atoms with Gasteiger partial charge in [-0.3, -0.25) is 10.1 Å². The lowest BCUT2D eigenvalue weighted by atomic mass is 9.99. The van der Waals surface area contributed by atoms with Gasteiger partial charge in [-0.2, -0.15) is 21.6 Å². The number of nitrogens with zero attached hydrogens (tertiary/aromatic N) is 1. The van der Waals surface area contributed by atoms with Crippen LogP contribution in [0, 0.1) is 10.1 Å². The molecule has 0 saturated heterocycles. The van der Waals surface area contributed by atoms with E-state index >= 15 is 0 Å². The molecule has 0 spiro atoms. The van der Waals surface area contributed by atoms with Gasteiger partial charge in [0, 0.05) is 21.5 Å². The Morgan fingerprint density at radius 1 is 1.28 bits per heavy atom. The largest absolute Gasteiger partial charge is 0.534 e. The molecule has 3 aromatic rings. The molecule has 0 amide bonds. The molecule has 0 unspecified atom stereocenters. The first-order chi connectivity index (χ1) is 14.8. The number of alkyl halides is 3. The molecule has 0 aliphatic carbocycles. The van der Waals surface area contributed by atoms with Crippen molar-refractivity contribution < 1.29 is 45.0 Å². The summed E-state index contributed by atoms with van der Waals surface area (Å²) in [6, 6.07) is 6.25. The summed E-state index contributed by atoms with van der Waals surface area (Å²) in [5, 5.41) is 21.2. The van der Waals surface area contributed by atoms with Crippen LogP contribution in [0.25, 0.3) is 22.3 Å². The number of aromatic carboxylic acids is 1. The van der Waals surface area contributed by atoms with E-state index < -0.39 is 49.1 Å². The zero-order valence-corrected chi connectivity index (χ0v) is 17.3. The van der Waals surface area contributed by atoms with Crippen molar-refractivity contribution in [3.63, 3.8) is 0 Å². The number of hydrogen-bond donors (Lipinski definition) is 1. The Labute approximate surface area is 182 Å². The third-order valence-corrected chi connectivity index (χ3v) is 5.56. The Bertz CT molecular complexity index is 1350. The van der Waals surface area contributed by atoms with Crippen molar-refractivity contribution in [2.24, 2.45) is 0 Å². The Morgan fingerprint density at radius 2 is 1.88 bits per heavy atom. The van der Waals surface area contributed by atoms with Crippen LogP contribution in [-0.2, 0) is 16.5 Å². The summed E-state index contributed by atoms with van der Waals surface area (Å²) < 4.78 is 71.3. The van der Waals surface area contributed by atoms with E-state index in [0.717, 1.165) is 0 Å². The van der Waals surface area contributed by atoms with Crippen molar-refractivity contribution in [1.82, 2.24) is 0 Å². The quantitative estimate of drug-likeness (QED) is 0.215. The molecule has 1 heterocycles. The fourth-order valence-electron chi connectivity index (χ4n) is 3.04. The van der Waals surface area contributed by atoms with Crippen LogP contribution in [0.15, 0.2) is 34.7 Å². The maximum absolute atomic E-state index is 12.9. The SMILES string of the molecule is CCc1c(OS(=O)(=O)C(F)(F)F)c([N+](=O)[O-])cc2oc(-c3ccc(Cl)cc3)c(C(=O)O)c12. The minimum atomic E-state index is -6.29. The minimum Gasteiger partial charge on any atom is -0.478 e. The fraction of sp³-hybridized carbons (Fsp3) is 0.167. The van der Waals surface area contributed by atoms with Crippen LogP contribution in [0.4, 0.5) is 18.9 Å². The first kappa shape index (κ1) is 23.3. The number of fused-ring (bicyclic) bond motifs is 1. The molecule has 170 valence electrons. The van der Waals surface area contributed by atoms with Crippen LogP contribution >= 0.6 is 11.6 Å². The predicted molar refractivity (Wildman–Crippen MR) is 105 cm³/mol. The number of nitro benzene ring substituents is 1. The summed E-state index contributed by atoms with van der Waals surface area (Å²) in [6.07, 6.45) is -0.319. The average molecular weight is 494 g/mol. The lowest BCUT2D eigenvalue weighted by Gasteiger charge is -2.13. The highest BCUT2D eigenvalue weighted by molar-refractivity contribution is 7.88. The van der Waals surface area contributed by atoms with Crippen molar-refractivity contribution in [3.05, 3.63) is 56.6 Å². The molecule has 0 bridgehead atoms. The number of carbonyl (C=O) groups is 1. The number of benzene rings is 2. The smallest absolute Gasteiger partial charge is 0.478 e. The second kappa shape index (κ2) is 7.98. The first-order valence-electron chi connectivity index (χ1n) is 8.55. The van der Waals surface area contributed by atoms with Crippen LogP contribution in [-0.4, -0.2) is 29.9 Å². The number of carboxylic acids is 1. The molecule has 1 aromatic heterocycles. The Hall–Kier alpha value is -3.32. The normalized spacial score (nSPS) is 12.2. The monoisotopic (exact) mass is 493 g/mol. The topological polar surface area (TPSA) is 137 Å². The van der Waals surface area contributed by atoms with Crippen molar-refractivity contribution in [1.29, 1.82) is 0 Å². The molecule has 2 aromatic carbocycles. The van der Waals surface area contributed by atoms with Gasteiger partial charge in [-0.15, -0.1) is 0 Å². The van der Waals surface area contributed by atoms with Crippen molar-refractivity contribution in [3.8, 4) is 17.1 Å². The number of aryl methyl sites for hydroxylation is 1. The van der Waals surface area contributed by atoms with Gasteiger partial charge in [0.1, 0.15) is 16.9 Å². The van der Waals surface area contributed by atoms with Gasteiger partial charge in [-0.1, -0.05) is 18.5 Å². The lowest BCUT2D eigenvalue weighted by Crippen LogP contribution is -2.28. The fourth-order valence-corrected chi connectivity index (χ4v) is 3.67. The van der Waals surface area contributed by atoms with Crippen LogP contribution in [0.2, 0.25) is 5.02 Å². The molecule has 0 aliphatic rings. The summed E-state index contributed by atoms with van der Waals surface area (Å²) in [7, 11) is -6.29. The van der Waals surface area contributed by atoms with Gasteiger partial charge in [0.25, 0.3) is 0 Å². The molecular weight excluding hydrogens is 483 g/mol. The standard InChI is InChI=1S/C18H11ClF3NO8S/c1-2-10-13-12(7-11(23(26)27)16(10)31-32(28,29)18(20,21)22)30-15(14(13)17(24)25)8-3-5-9(19)6-4-8/h3-7H,2H2,1H3,(H,24,25). The molecule has 14 heteroatoms. The zero-order valence-electron chi connectivity index (χ0n) is 15.8. The van der Waals surface area contributed by atoms with E-state index in [2.05, 4.69) is 4.18 Å². The van der Waals surface area contributed by atoms with E-state index in [1.54, 1.807) is 0 Å². The molecule has 0 aliphatic heterocycles. The molecule has 32 heavy (non-hydrogen) atoms. The predicted octanol–water partition coefficient (Wildman–Crippen LogP) is 5.15. The molecule has 0 fully saturated rings. The Kier molecular flexibility index (Phi) is 5.82. The number of carboxylic acid groups (broad SMARTS) is 1. The van der Waals surface area contributed by atoms with Crippen LogP contribution < -0.4 is 4.18 Å². The lowest BCUT2D eigenvalue weighted by molar-refractivity contribution is -0.385. The zero-order chi connectivity index (χ0) is 24.0. The highest BCUT2D eigenvalue weighted by Crippen LogP contribution is 2.45. The molecular formula is C18H11ClF3NO8S. The minimum absolute atomic E-state index is 0.207. The second-order valence-electron chi connectivity index (χ2n) is 6.29. The molecule has 0 saturated carbocycles. The molecule has 0 radical (unpaired) electrons. The number of hydrogen-bond acceptors (Lipinski definition) is 7. The van der Waals surface area contributed by atoms with E-state index in [1.165, 1.54) is 31.2 Å². The molecule has 3 rings (SSSR count). The van der Waals surface area contributed by atoms with E-state index in [1.807, 2.05) is 0 Å². The highest BCUT2D eigenvalue weighted by Gasteiger charge is 2.50. The first-order valence-corrected chi connectivity index (χ1v) is 10.3. The summed E-state index contributed by atoms with van der Waals surface area (Å²) in [5.74, 6) is -3.07. The van der Waals surface area contributed by atoms with Crippen LogP contribution in [0.3, 0.4) is 0 Å². The van der Waals surface area contributed by atoms with E-state index in [0.29, 0.717) is 11.1 Å². The third kappa shape index (κ3) is 3.96. The molecule has 9 nitrogen and oxygen atoms in total. The third-order valence-electron chi connectivity index (χ3n) is 4.36. The van der Waals surface area contributed by atoms with Crippen molar-refractivity contribution in [2.45, 2.75) is 18.9 Å². The van der Waals surface area contributed by atoms with Gasteiger partial charge in [-0.25, -0.2) is 4.79 Å². The number of rotatable bonds is 6. The van der Waals surface area contributed by atoms with Gasteiger partial charge in [0.2, 0.25) is 5.75 Å². The van der Waals surface area contributed by atoms with Crippen LogP contribution in [0.1, 0.15) is 22.8 Å². The maximum atomic E-state index is 12.9. The maximum Gasteiger partial charge on any atom is 0.534 e. The molecule has 0 atom stereocenters. The highest BCUT2D eigenvalue weighted by atomic mass is 35.5. The Morgan fingerprint density at radius 3 is 2.34 bits per heavy atom. The van der Waals surface area contributed by atoms with Gasteiger partial charge in [0.05, 0.1) is 11.0 Å². The summed E-state index contributed by atoms with van der Waals surface area (Å²) in [4.78, 5) is 22.3. The van der Waals surface area contributed by atoms with E-state index in [-0.39, 0.29) is 28.7 Å². The molecule has 1 N–H and O–H groups in total. The summed E-state index contributed by atoms with van der Waals surface area (Å²) >= 11 is 5.82. The van der Waals surface area contributed by atoms with Gasteiger partial charge >= 0.3 is 27.3 Å². The number of furan rings is 1. The van der Waals surface area contributed by atoms with Gasteiger partial charge in [-0.05, 0) is 30.7 Å². The number of nitro groups is 1. The van der Waals surface area contributed by atoms with Crippen molar-refractivity contribution in [2.75, 3.05) is 0 Å². The van der Waals surface area contributed by atoms with Gasteiger partial charge in [0.15, 0.2) is 0 Å². The second-order valence-corrected chi connectivity index (χ2v) is 8.26. The summed E-state index contributed by atoms with van der Waals surface area (Å²) in [6.45, 7) is 1.33. The summed E-state index contributed by atoms with van der Waals surface area (Å²) in [5.41, 5.74) is -8.16. The van der Waals surface area contributed by atoms with E-state index in [4.69, 9.17) is 16.0 Å². The van der Waals surface area contributed by atoms with Crippen LogP contribution in [0.5, 0.6) is 5.75 Å². The van der Waals surface area contributed by atoms with E-state index in [9.17, 15) is 41.6 Å².